The number of hydrogen-bond acceptors (Lipinski definition) is 4. The number of aromatic nitrogens is 1. The van der Waals surface area contributed by atoms with Gasteiger partial charge in [-0.3, -0.25) is 0 Å². The van der Waals surface area contributed by atoms with Gasteiger partial charge in [-0.25, -0.2) is 4.98 Å². The van der Waals surface area contributed by atoms with Gasteiger partial charge in [0, 0.05) is 11.8 Å². The third-order valence-electron chi connectivity index (χ3n) is 2.91. The highest BCUT2D eigenvalue weighted by Crippen LogP contribution is 2.29. The molecule has 0 amide bonds. The number of aliphatic hydroxyl groups is 1. The molecule has 21 heavy (non-hydrogen) atoms. The van der Waals surface area contributed by atoms with Crippen LogP contribution in [-0.4, -0.2) is 16.2 Å². The minimum absolute atomic E-state index is 0.0269. The van der Waals surface area contributed by atoms with Crippen molar-refractivity contribution in [2.75, 3.05) is 0 Å². The molecule has 1 heterocycles. The van der Waals surface area contributed by atoms with Gasteiger partial charge >= 0.3 is 0 Å². The van der Waals surface area contributed by atoms with Crippen LogP contribution in [0.1, 0.15) is 30.7 Å². The maximum absolute atomic E-state index is 9.60. The standard InChI is InChI=1S/C17H21NO3/c1-12(2)21-16-9-13(3)18-17(15(16)10-19)20-11-14-7-5-4-6-8-14/h4-9,12,19H,10-11H2,1-3H3. The number of rotatable bonds is 6. The molecular formula is C17H21NO3. The van der Waals surface area contributed by atoms with E-state index in [9.17, 15) is 5.11 Å². The molecule has 0 atom stereocenters. The second-order valence-electron chi connectivity index (χ2n) is 5.14. The highest BCUT2D eigenvalue weighted by Gasteiger charge is 2.14. The van der Waals surface area contributed by atoms with Crippen molar-refractivity contribution in [3.63, 3.8) is 0 Å². The molecule has 4 nitrogen and oxygen atoms in total. The second-order valence-corrected chi connectivity index (χ2v) is 5.14. The van der Waals surface area contributed by atoms with Crippen LogP contribution in [0.5, 0.6) is 11.6 Å². The minimum Gasteiger partial charge on any atom is -0.490 e. The molecule has 0 bridgehead atoms. The van der Waals surface area contributed by atoms with Crippen molar-refractivity contribution >= 4 is 0 Å². The number of aryl methyl sites for hydroxylation is 1. The Labute approximate surface area is 125 Å². The molecule has 1 N–H and O–H groups in total. The first-order valence-corrected chi connectivity index (χ1v) is 7.05. The van der Waals surface area contributed by atoms with E-state index in [0.717, 1.165) is 11.3 Å². The van der Waals surface area contributed by atoms with E-state index in [1.165, 1.54) is 0 Å². The van der Waals surface area contributed by atoms with Crippen LogP contribution in [0.3, 0.4) is 0 Å². The lowest BCUT2D eigenvalue weighted by Crippen LogP contribution is -2.10. The first-order valence-electron chi connectivity index (χ1n) is 7.05. The molecule has 0 saturated heterocycles. The zero-order valence-electron chi connectivity index (χ0n) is 12.7. The van der Waals surface area contributed by atoms with Gasteiger partial charge in [-0.1, -0.05) is 30.3 Å². The number of hydrogen-bond donors (Lipinski definition) is 1. The van der Waals surface area contributed by atoms with Gasteiger partial charge in [0.2, 0.25) is 5.88 Å². The van der Waals surface area contributed by atoms with Crippen LogP contribution in [0.4, 0.5) is 0 Å². The minimum atomic E-state index is -0.167. The zero-order chi connectivity index (χ0) is 15.2. The molecule has 1 aromatic heterocycles. The molecule has 4 heteroatoms. The Morgan fingerprint density at radius 3 is 2.52 bits per heavy atom. The van der Waals surface area contributed by atoms with Crippen LogP contribution >= 0.6 is 0 Å². The van der Waals surface area contributed by atoms with Crippen LogP contribution in [0.15, 0.2) is 36.4 Å². The summed E-state index contributed by atoms with van der Waals surface area (Å²) in [6.07, 6.45) is 0.0269. The summed E-state index contributed by atoms with van der Waals surface area (Å²) in [4.78, 5) is 4.36. The second kappa shape index (κ2) is 7.09. The third-order valence-corrected chi connectivity index (χ3v) is 2.91. The van der Waals surface area contributed by atoms with Crippen molar-refractivity contribution in [3.8, 4) is 11.6 Å². The Bertz CT molecular complexity index is 582. The Morgan fingerprint density at radius 1 is 1.19 bits per heavy atom. The third kappa shape index (κ3) is 4.20. The Balaban J connectivity index is 2.23. The van der Waals surface area contributed by atoms with Crippen molar-refractivity contribution in [1.29, 1.82) is 0 Å². The molecule has 0 aliphatic heterocycles. The maximum Gasteiger partial charge on any atom is 0.223 e. The molecule has 0 aliphatic rings. The van der Waals surface area contributed by atoms with Crippen molar-refractivity contribution in [1.82, 2.24) is 4.98 Å². The number of ether oxygens (including phenoxy) is 2. The largest absolute Gasteiger partial charge is 0.490 e. The van der Waals surface area contributed by atoms with E-state index in [2.05, 4.69) is 4.98 Å². The van der Waals surface area contributed by atoms with E-state index in [0.29, 0.717) is 23.8 Å². The predicted octanol–water partition coefficient (Wildman–Crippen LogP) is 3.25. The summed E-state index contributed by atoms with van der Waals surface area (Å²) in [5.41, 5.74) is 2.44. The van der Waals surface area contributed by atoms with E-state index in [-0.39, 0.29) is 12.7 Å². The van der Waals surface area contributed by atoms with E-state index < -0.39 is 0 Å². The summed E-state index contributed by atoms with van der Waals surface area (Å²) in [5, 5.41) is 9.60. The molecular weight excluding hydrogens is 266 g/mol. The molecule has 0 saturated carbocycles. The van der Waals surface area contributed by atoms with Gasteiger partial charge in [0.15, 0.2) is 0 Å². The van der Waals surface area contributed by atoms with Crippen LogP contribution in [0.2, 0.25) is 0 Å². The van der Waals surface area contributed by atoms with Crippen molar-refractivity contribution in [2.24, 2.45) is 0 Å². The molecule has 112 valence electrons. The van der Waals surface area contributed by atoms with Gasteiger partial charge < -0.3 is 14.6 Å². The topological polar surface area (TPSA) is 51.6 Å². The lowest BCUT2D eigenvalue weighted by molar-refractivity contribution is 0.213. The van der Waals surface area contributed by atoms with E-state index >= 15 is 0 Å². The van der Waals surface area contributed by atoms with Gasteiger partial charge in [0.1, 0.15) is 12.4 Å². The molecule has 2 rings (SSSR count). The smallest absolute Gasteiger partial charge is 0.223 e. The van der Waals surface area contributed by atoms with Crippen molar-refractivity contribution < 1.29 is 14.6 Å². The van der Waals surface area contributed by atoms with E-state index in [1.54, 1.807) is 0 Å². The molecule has 0 aliphatic carbocycles. The monoisotopic (exact) mass is 287 g/mol. The molecule has 0 radical (unpaired) electrons. The fourth-order valence-corrected chi connectivity index (χ4v) is 1.99. The Hall–Kier alpha value is -2.07. The van der Waals surface area contributed by atoms with Gasteiger partial charge in [0.05, 0.1) is 18.3 Å². The SMILES string of the molecule is Cc1cc(OC(C)C)c(CO)c(OCc2ccccc2)n1. The first-order chi connectivity index (χ1) is 10.1. The molecule has 1 aromatic carbocycles. The van der Waals surface area contributed by atoms with Crippen molar-refractivity contribution in [3.05, 3.63) is 53.2 Å². The van der Waals surface area contributed by atoms with Gasteiger partial charge in [-0.15, -0.1) is 0 Å². The number of pyridine rings is 1. The molecule has 0 spiro atoms. The normalized spacial score (nSPS) is 10.7. The summed E-state index contributed by atoms with van der Waals surface area (Å²) in [7, 11) is 0. The number of aliphatic hydroxyl groups excluding tert-OH is 1. The Kier molecular flexibility index (Phi) is 5.17. The van der Waals surface area contributed by atoms with Gasteiger partial charge in [-0.2, -0.15) is 0 Å². The van der Waals surface area contributed by atoms with Crippen molar-refractivity contribution in [2.45, 2.75) is 40.1 Å². The quantitative estimate of drug-likeness (QED) is 0.886. The van der Waals surface area contributed by atoms with Crippen LogP contribution in [0.25, 0.3) is 0 Å². The lowest BCUT2D eigenvalue weighted by atomic mass is 10.2. The maximum atomic E-state index is 9.60. The summed E-state index contributed by atoms with van der Waals surface area (Å²) in [6, 6.07) is 11.7. The van der Waals surface area contributed by atoms with Crippen LogP contribution in [-0.2, 0) is 13.2 Å². The van der Waals surface area contributed by atoms with Gasteiger partial charge in [-0.05, 0) is 26.3 Å². The summed E-state index contributed by atoms with van der Waals surface area (Å²) >= 11 is 0. The summed E-state index contributed by atoms with van der Waals surface area (Å²) < 4.78 is 11.5. The lowest BCUT2D eigenvalue weighted by Gasteiger charge is -2.17. The highest BCUT2D eigenvalue weighted by molar-refractivity contribution is 5.41. The molecule has 2 aromatic rings. The summed E-state index contributed by atoms with van der Waals surface area (Å²) in [6.45, 7) is 6.01. The highest BCUT2D eigenvalue weighted by atomic mass is 16.5. The van der Waals surface area contributed by atoms with E-state index in [1.807, 2.05) is 57.2 Å². The average Bonchev–Trinajstić information content (AvgIpc) is 2.45. The molecule has 0 unspecified atom stereocenters. The van der Waals surface area contributed by atoms with Crippen LogP contribution in [0, 0.1) is 6.92 Å². The number of nitrogens with zero attached hydrogens (tertiary/aromatic N) is 1. The summed E-state index contributed by atoms with van der Waals surface area (Å²) in [5.74, 6) is 1.06. The molecule has 0 fully saturated rings. The number of benzene rings is 1. The Morgan fingerprint density at radius 2 is 1.90 bits per heavy atom. The fraction of sp³-hybridized carbons (Fsp3) is 0.353. The average molecular weight is 287 g/mol. The zero-order valence-corrected chi connectivity index (χ0v) is 12.7. The fourth-order valence-electron chi connectivity index (χ4n) is 1.99. The van der Waals surface area contributed by atoms with Crippen LogP contribution < -0.4 is 9.47 Å². The predicted molar refractivity (Wildman–Crippen MR) is 81.4 cm³/mol. The first kappa shape index (κ1) is 15.3. The van der Waals surface area contributed by atoms with E-state index in [4.69, 9.17) is 9.47 Å². The van der Waals surface area contributed by atoms with Gasteiger partial charge in [0.25, 0.3) is 0 Å².